The molecule has 6 nitrogen and oxygen atoms in total. The molecule has 0 atom stereocenters. The molecule has 0 saturated heterocycles. The summed E-state index contributed by atoms with van der Waals surface area (Å²) in [6.45, 7) is 0. The van der Waals surface area contributed by atoms with Crippen LogP contribution in [0.4, 0.5) is 29.3 Å². The summed E-state index contributed by atoms with van der Waals surface area (Å²) in [6.07, 6.45) is 2.75. The Balaban J connectivity index is 1.41. The number of rotatable bonds is 5. The van der Waals surface area contributed by atoms with Crippen LogP contribution in [0.1, 0.15) is 36.0 Å². The Kier molecular flexibility index (Phi) is 6.35. The number of nitrogens with zero attached hydrogens (tertiary/aromatic N) is 3. The number of anilines is 2. The first-order chi connectivity index (χ1) is 15.7. The molecule has 1 saturated carbocycles. The van der Waals surface area contributed by atoms with E-state index in [0.717, 1.165) is 24.3 Å². The molecule has 1 amide bonds. The lowest BCUT2D eigenvalue weighted by Gasteiger charge is -2.30. The lowest BCUT2D eigenvalue weighted by atomic mass is 9.91. The number of hydrogen-bond donors (Lipinski definition) is 2. The number of fused-ring (bicyclic) bond motifs is 1. The third-order valence-corrected chi connectivity index (χ3v) is 5.72. The van der Waals surface area contributed by atoms with E-state index < -0.39 is 29.2 Å². The second kappa shape index (κ2) is 9.21. The first kappa shape index (κ1) is 22.8. The van der Waals surface area contributed by atoms with Crippen LogP contribution in [0.5, 0.6) is 0 Å². The summed E-state index contributed by atoms with van der Waals surface area (Å²) in [5, 5.41) is 6.52. The first-order valence-electron chi connectivity index (χ1n) is 10.6. The Bertz CT molecular complexity index is 1200. The van der Waals surface area contributed by atoms with Crippen molar-refractivity contribution >= 4 is 28.6 Å². The number of carbonyl (C=O) groups excluding carboxylic acids is 1. The van der Waals surface area contributed by atoms with Crippen LogP contribution in [0.3, 0.4) is 0 Å². The average molecular weight is 461 g/mol. The van der Waals surface area contributed by atoms with Crippen LogP contribution in [0.15, 0.2) is 30.3 Å². The maximum Gasteiger partial charge on any atom is 0.251 e. The van der Waals surface area contributed by atoms with Crippen LogP contribution in [-0.2, 0) is 0 Å². The maximum atomic E-state index is 13.7. The van der Waals surface area contributed by atoms with Crippen LogP contribution in [0.25, 0.3) is 10.9 Å². The lowest BCUT2D eigenvalue weighted by Crippen LogP contribution is -2.40. The predicted octanol–water partition coefficient (Wildman–Crippen LogP) is 4.41. The van der Waals surface area contributed by atoms with Gasteiger partial charge in [0.2, 0.25) is 5.95 Å². The molecule has 174 valence electrons. The van der Waals surface area contributed by atoms with E-state index >= 15 is 0 Å². The van der Waals surface area contributed by atoms with E-state index in [1.54, 1.807) is 19.0 Å². The van der Waals surface area contributed by atoms with Gasteiger partial charge in [0.15, 0.2) is 23.3 Å². The number of aromatic nitrogens is 2. The molecular weight excluding hydrogens is 438 g/mol. The quantitative estimate of drug-likeness (QED) is 0.551. The number of amides is 1. The number of benzene rings is 2. The van der Waals surface area contributed by atoms with E-state index in [1.165, 1.54) is 6.07 Å². The minimum Gasteiger partial charge on any atom is -0.362 e. The number of halogens is 4. The van der Waals surface area contributed by atoms with E-state index in [2.05, 4.69) is 20.6 Å². The summed E-state index contributed by atoms with van der Waals surface area (Å²) < 4.78 is 53.9. The molecule has 3 aromatic rings. The van der Waals surface area contributed by atoms with Gasteiger partial charge in [0.1, 0.15) is 5.82 Å². The van der Waals surface area contributed by atoms with Crippen molar-refractivity contribution in [3.8, 4) is 0 Å². The molecule has 2 N–H and O–H groups in total. The molecule has 0 aliphatic heterocycles. The lowest BCUT2D eigenvalue weighted by molar-refractivity contribution is 0.0926. The molecule has 10 heteroatoms. The summed E-state index contributed by atoms with van der Waals surface area (Å²) in [7, 11) is 3.52. The zero-order valence-corrected chi connectivity index (χ0v) is 18.1. The van der Waals surface area contributed by atoms with Gasteiger partial charge in [-0.1, -0.05) is 0 Å². The fraction of sp³-hybridized carbons (Fsp3) is 0.348. The van der Waals surface area contributed by atoms with Gasteiger partial charge in [0, 0.05) is 43.2 Å². The van der Waals surface area contributed by atoms with Gasteiger partial charge < -0.3 is 15.5 Å². The molecule has 1 aliphatic carbocycles. The minimum atomic E-state index is -1.06. The molecule has 0 unspecified atom stereocenters. The van der Waals surface area contributed by atoms with Crippen molar-refractivity contribution in [1.29, 1.82) is 0 Å². The second-order valence-electron chi connectivity index (χ2n) is 8.34. The molecule has 0 spiro atoms. The van der Waals surface area contributed by atoms with Crippen LogP contribution >= 0.6 is 0 Å². The van der Waals surface area contributed by atoms with Gasteiger partial charge in [0.05, 0.1) is 5.52 Å². The third kappa shape index (κ3) is 4.99. The zero-order chi connectivity index (χ0) is 23.7. The SMILES string of the molecule is CN(C)c1nc(NC2CCC(NC(=O)c3ccc(F)c(F)c3)CC2)nc2cc(F)c(F)cc12. The first-order valence-corrected chi connectivity index (χ1v) is 10.6. The second-order valence-corrected chi connectivity index (χ2v) is 8.34. The van der Waals surface area contributed by atoms with Crippen LogP contribution in [-0.4, -0.2) is 42.1 Å². The summed E-state index contributed by atoms with van der Waals surface area (Å²) >= 11 is 0. The van der Waals surface area contributed by atoms with E-state index in [1.807, 2.05) is 0 Å². The topological polar surface area (TPSA) is 70.2 Å². The molecule has 33 heavy (non-hydrogen) atoms. The van der Waals surface area contributed by atoms with Crippen molar-refractivity contribution in [2.45, 2.75) is 37.8 Å². The van der Waals surface area contributed by atoms with Crippen molar-refractivity contribution in [1.82, 2.24) is 15.3 Å². The van der Waals surface area contributed by atoms with Crippen LogP contribution in [0, 0.1) is 23.3 Å². The smallest absolute Gasteiger partial charge is 0.251 e. The standard InChI is InChI=1S/C23H23F4N5O/c1-32(2)21-15-10-18(26)19(27)11-20(15)30-23(31-21)29-14-6-4-13(5-7-14)28-22(33)12-3-8-16(24)17(25)9-12/h3,8-11,13-14H,4-7H2,1-2H3,(H,28,33)(H,29,30,31). The van der Waals surface area contributed by atoms with Crippen molar-refractivity contribution < 1.29 is 22.4 Å². The monoisotopic (exact) mass is 461 g/mol. The van der Waals surface area contributed by atoms with Crippen molar-refractivity contribution in [3.05, 3.63) is 59.2 Å². The van der Waals surface area contributed by atoms with E-state index in [0.29, 0.717) is 48.4 Å². The van der Waals surface area contributed by atoms with E-state index in [9.17, 15) is 22.4 Å². The Labute approximate surface area is 188 Å². The van der Waals surface area contributed by atoms with E-state index in [-0.39, 0.29) is 17.6 Å². The summed E-state index contributed by atoms with van der Waals surface area (Å²) in [5.41, 5.74) is 0.362. The number of nitrogens with one attached hydrogen (secondary N) is 2. The number of carbonyl (C=O) groups is 1. The summed E-state index contributed by atoms with van der Waals surface area (Å²) in [5.74, 6) is -3.67. The highest BCUT2D eigenvalue weighted by Crippen LogP contribution is 2.28. The highest BCUT2D eigenvalue weighted by molar-refractivity contribution is 5.94. The molecule has 4 rings (SSSR count). The molecule has 1 aliphatic rings. The predicted molar refractivity (Wildman–Crippen MR) is 117 cm³/mol. The fourth-order valence-electron chi connectivity index (χ4n) is 3.98. The molecule has 1 fully saturated rings. The molecule has 1 aromatic heterocycles. The highest BCUT2D eigenvalue weighted by Gasteiger charge is 2.24. The molecule has 2 aromatic carbocycles. The highest BCUT2D eigenvalue weighted by atomic mass is 19.2. The molecule has 0 radical (unpaired) electrons. The molecule has 1 heterocycles. The summed E-state index contributed by atoms with van der Waals surface area (Å²) in [6, 6.07) is 5.12. The Morgan fingerprint density at radius 3 is 2.18 bits per heavy atom. The maximum absolute atomic E-state index is 13.7. The fourth-order valence-corrected chi connectivity index (χ4v) is 3.98. The normalized spacial score (nSPS) is 18.2. The molecular formula is C23H23F4N5O. The van der Waals surface area contributed by atoms with Crippen LogP contribution < -0.4 is 15.5 Å². The van der Waals surface area contributed by atoms with Crippen molar-refractivity contribution in [3.63, 3.8) is 0 Å². The van der Waals surface area contributed by atoms with E-state index in [4.69, 9.17) is 0 Å². The van der Waals surface area contributed by atoms with Gasteiger partial charge in [0.25, 0.3) is 5.91 Å². The zero-order valence-electron chi connectivity index (χ0n) is 18.1. The largest absolute Gasteiger partial charge is 0.362 e. The Hall–Kier alpha value is -3.43. The van der Waals surface area contributed by atoms with Gasteiger partial charge in [-0.2, -0.15) is 4.98 Å². The summed E-state index contributed by atoms with van der Waals surface area (Å²) in [4.78, 5) is 22.8. The van der Waals surface area contributed by atoms with Gasteiger partial charge >= 0.3 is 0 Å². The average Bonchev–Trinajstić information content (AvgIpc) is 2.77. The van der Waals surface area contributed by atoms with Crippen molar-refractivity contribution in [2.24, 2.45) is 0 Å². The third-order valence-electron chi connectivity index (χ3n) is 5.72. The minimum absolute atomic E-state index is 0.0270. The van der Waals surface area contributed by atoms with Crippen LogP contribution in [0.2, 0.25) is 0 Å². The van der Waals surface area contributed by atoms with Gasteiger partial charge in [-0.05, 0) is 49.9 Å². The molecule has 0 bridgehead atoms. The Morgan fingerprint density at radius 2 is 1.52 bits per heavy atom. The van der Waals surface area contributed by atoms with Gasteiger partial charge in [-0.3, -0.25) is 4.79 Å². The van der Waals surface area contributed by atoms with Gasteiger partial charge in [-0.25, -0.2) is 22.5 Å². The van der Waals surface area contributed by atoms with Crippen molar-refractivity contribution in [2.75, 3.05) is 24.3 Å². The Morgan fingerprint density at radius 1 is 0.879 bits per heavy atom. The van der Waals surface area contributed by atoms with Gasteiger partial charge in [-0.15, -0.1) is 0 Å². The number of hydrogen-bond acceptors (Lipinski definition) is 5.